The standard InChI is InChI=1S/C19H22N8.HI/c1-2-20-19(22-13-18-25-24-17-8-4-6-12-27(17)18)21-10-9-15-14-26-11-5-3-7-16(26)23-15;/h3-8,11-12,14H,2,9-10,13H2,1H3,(H2,20,21,22);1H. The molecule has 146 valence electrons. The fourth-order valence-electron chi connectivity index (χ4n) is 2.91. The molecule has 9 heteroatoms. The van der Waals surface area contributed by atoms with Gasteiger partial charge in [-0.25, -0.2) is 9.98 Å². The smallest absolute Gasteiger partial charge is 0.191 e. The number of nitrogens with zero attached hydrogens (tertiary/aromatic N) is 6. The number of guanidine groups is 1. The molecule has 0 spiro atoms. The van der Waals surface area contributed by atoms with Gasteiger partial charge in [-0.15, -0.1) is 34.2 Å². The summed E-state index contributed by atoms with van der Waals surface area (Å²) in [5.41, 5.74) is 2.84. The van der Waals surface area contributed by atoms with Crippen LogP contribution in [0.4, 0.5) is 0 Å². The van der Waals surface area contributed by atoms with Crippen molar-refractivity contribution in [2.24, 2.45) is 4.99 Å². The average Bonchev–Trinajstić information content (AvgIpc) is 3.29. The van der Waals surface area contributed by atoms with Crippen LogP contribution in [0, 0.1) is 0 Å². The highest BCUT2D eigenvalue weighted by molar-refractivity contribution is 14.0. The van der Waals surface area contributed by atoms with E-state index in [9.17, 15) is 0 Å². The Morgan fingerprint density at radius 3 is 2.68 bits per heavy atom. The summed E-state index contributed by atoms with van der Waals surface area (Å²) in [5, 5.41) is 15.0. The predicted molar refractivity (Wildman–Crippen MR) is 120 cm³/mol. The molecule has 0 aliphatic carbocycles. The number of hydrogen-bond donors (Lipinski definition) is 2. The number of imidazole rings is 1. The van der Waals surface area contributed by atoms with Gasteiger partial charge in [0.1, 0.15) is 12.2 Å². The van der Waals surface area contributed by atoms with Crippen molar-refractivity contribution in [1.29, 1.82) is 0 Å². The lowest BCUT2D eigenvalue weighted by molar-refractivity contribution is 0.781. The van der Waals surface area contributed by atoms with Crippen LogP contribution >= 0.6 is 24.0 Å². The maximum absolute atomic E-state index is 4.63. The molecule has 0 fully saturated rings. The molecule has 0 saturated carbocycles. The molecule has 0 aromatic carbocycles. The second kappa shape index (κ2) is 9.49. The topological polar surface area (TPSA) is 83.9 Å². The van der Waals surface area contributed by atoms with E-state index in [1.54, 1.807) is 0 Å². The minimum absolute atomic E-state index is 0. The van der Waals surface area contributed by atoms with Gasteiger partial charge in [0.25, 0.3) is 0 Å². The summed E-state index contributed by atoms with van der Waals surface area (Å²) in [6, 6.07) is 11.8. The van der Waals surface area contributed by atoms with Crippen molar-refractivity contribution >= 4 is 41.2 Å². The number of nitrogens with one attached hydrogen (secondary N) is 2. The lowest BCUT2D eigenvalue weighted by Gasteiger charge is -2.10. The zero-order valence-electron chi connectivity index (χ0n) is 15.6. The van der Waals surface area contributed by atoms with Gasteiger partial charge in [0, 0.05) is 38.1 Å². The van der Waals surface area contributed by atoms with Gasteiger partial charge in [-0.1, -0.05) is 12.1 Å². The van der Waals surface area contributed by atoms with Crippen molar-refractivity contribution < 1.29 is 0 Å². The van der Waals surface area contributed by atoms with Crippen LogP contribution in [0.5, 0.6) is 0 Å². The van der Waals surface area contributed by atoms with Gasteiger partial charge in [0.2, 0.25) is 0 Å². The largest absolute Gasteiger partial charge is 0.357 e. The molecule has 8 nitrogen and oxygen atoms in total. The van der Waals surface area contributed by atoms with Crippen LogP contribution in [0.2, 0.25) is 0 Å². The van der Waals surface area contributed by atoms with Crippen molar-refractivity contribution in [3.8, 4) is 0 Å². The molecule has 0 radical (unpaired) electrons. The Morgan fingerprint density at radius 1 is 1.04 bits per heavy atom. The number of aromatic nitrogens is 5. The van der Waals surface area contributed by atoms with Crippen LogP contribution < -0.4 is 10.6 Å². The Labute approximate surface area is 180 Å². The number of halogens is 1. The number of rotatable bonds is 6. The maximum atomic E-state index is 4.63. The van der Waals surface area contributed by atoms with E-state index in [0.717, 1.165) is 48.3 Å². The third kappa shape index (κ3) is 4.58. The van der Waals surface area contributed by atoms with Gasteiger partial charge in [0.15, 0.2) is 17.4 Å². The molecule has 4 aromatic heterocycles. The molecular weight excluding hydrogens is 467 g/mol. The summed E-state index contributed by atoms with van der Waals surface area (Å²) in [6.45, 7) is 4.04. The van der Waals surface area contributed by atoms with Gasteiger partial charge in [0.05, 0.1) is 5.69 Å². The van der Waals surface area contributed by atoms with Crippen molar-refractivity contribution in [3.05, 3.63) is 66.5 Å². The quantitative estimate of drug-likeness (QED) is 0.246. The first-order valence-corrected chi connectivity index (χ1v) is 9.07. The molecular formula is C19H23IN8. The third-order valence-electron chi connectivity index (χ3n) is 4.19. The summed E-state index contributed by atoms with van der Waals surface area (Å²) < 4.78 is 3.98. The first-order chi connectivity index (χ1) is 13.3. The minimum Gasteiger partial charge on any atom is -0.357 e. The van der Waals surface area contributed by atoms with E-state index >= 15 is 0 Å². The Balaban J connectivity index is 0.00000225. The Bertz CT molecular complexity index is 1030. The van der Waals surface area contributed by atoms with Gasteiger partial charge >= 0.3 is 0 Å². The number of hydrogen-bond acceptors (Lipinski definition) is 4. The van der Waals surface area contributed by atoms with E-state index in [0.29, 0.717) is 6.54 Å². The van der Waals surface area contributed by atoms with Gasteiger partial charge in [-0.3, -0.25) is 4.40 Å². The van der Waals surface area contributed by atoms with Crippen molar-refractivity contribution in [1.82, 2.24) is 34.6 Å². The number of aliphatic imine (C=N–C) groups is 1. The number of pyridine rings is 2. The van der Waals surface area contributed by atoms with Crippen molar-refractivity contribution in [2.75, 3.05) is 13.1 Å². The maximum Gasteiger partial charge on any atom is 0.191 e. The fourth-order valence-corrected chi connectivity index (χ4v) is 2.91. The molecule has 28 heavy (non-hydrogen) atoms. The molecule has 4 aromatic rings. The van der Waals surface area contributed by atoms with Crippen LogP contribution in [0.15, 0.2) is 60.0 Å². The fraction of sp³-hybridized carbons (Fsp3) is 0.263. The zero-order valence-corrected chi connectivity index (χ0v) is 17.9. The second-order valence-corrected chi connectivity index (χ2v) is 6.12. The summed E-state index contributed by atoms with van der Waals surface area (Å²) in [4.78, 5) is 9.24. The molecule has 2 N–H and O–H groups in total. The SMILES string of the molecule is CCNC(=NCc1nnc2ccccn12)NCCc1cn2ccccc2n1.I. The normalized spacial score (nSPS) is 11.5. The lowest BCUT2D eigenvalue weighted by atomic mass is 10.3. The van der Waals surface area contributed by atoms with E-state index in [1.165, 1.54) is 0 Å². The van der Waals surface area contributed by atoms with Crippen LogP contribution in [-0.4, -0.2) is 43.0 Å². The highest BCUT2D eigenvalue weighted by Gasteiger charge is 2.05. The van der Waals surface area contributed by atoms with Gasteiger partial charge < -0.3 is 15.0 Å². The molecule has 4 rings (SSSR count). The van der Waals surface area contributed by atoms with Crippen LogP contribution in [0.1, 0.15) is 18.4 Å². The first-order valence-electron chi connectivity index (χ1n) is 9.07. The van der Waals surface area contributed by atoms with Crippen LogP contribution in [0.3, 0.4) is 0 Å². The third-order valence-corrected chi connectivity index (χ3v) is 4.19. The van der Waals surface area contributed by atoms with E-state index in [-0.39, 0.29) is 24.0 Å². The Kier molecular flexibility index (Phi) is 6.80. The Morgan fingerprint density at radius 2 is 1.86 bits per heavy atom. The van der Waals surface area contributed by atoms with Gasteiger partial charge in [-0.05, 0) is 31.2 Å². The van der Waals surface area contributed by atoms with Crippen molar-refractivity contribution in [2.45, 2.75) is 19.9 Å². The summed E-state index contributed by atoms with van der Waals surface area (Å²) >= 11 is 0. The van der Waals surface area contributed by atoms with E-state index in [4.69, 9.17) is 0 Å². The molecule has 4 heterocycles. The highest BCUT2D eigenvalue weighted by Crippen LogP contribution is 2.05. The minimum atomic E-state index is 0. The highest BCUT2D eigenvalue weighted by atomic mass is 127. The lowest BCUT2D eigenvalue weighted by Crippen LogP contribution is -2.38. The predicted octanol–water partition coefficient (Wildman–Crippen LogP) is 2.29. The summed E-state index contributed by atoms with van der Waals surface area (Å²) in [6.07, 6.45) is 6.83. The molecule has 0 aliphatic rings. The second-order valence-electron chi connectivity index (χ2n) is 6.12. The van der Waals surface area contributed by atoms with E-state index in [2.05, 4.69) is 37.0 Å². The zero-order chi connectivity index (χ0) is 18.5. The van der Waals surface area contributed by atoms with Crippen LogP contribution in [-0.2, 0) is 13.0 Å². The van der Waals surface area contributed by atoms with Gasteiger partial charge in [-0.2, -0.15) is 0 Å². The average molecular weight is 490 g/mol. The van der Waals surface area contributed by atoms with Crippen LogP contribution in [0.25, 0.3) is 11.3 Å². The van der Waals surface area contributed by atoms with E-state index in [1.807, 2.05) is 64.5 Å². The molecule has 0 bridgehead atoms. The molecule has 0 aliphatic heterocycles. The molecule has 0 atom stereocenters. The Hall–Kier alpha value is -2.69. The summed E-state index contributed by atoms with van der Waals surface area (Å²) in [5.74, 6) is 1.57. The molecule has 0 saturated heterocycles. The molecule has 0 unspecified atom stereocenters. The monoisotopic (exact) mass is 490 g/mol. The van der Waals surface area contributed by atoms with E-state index < -0.39 is 0 Å². The summed E-state index contributed by atoms with van der Waals surface area (Å²) in [7, 11) is 0. The number of fused-ring (bicyclic) bond motifs is 2. The molecule has 0 amide bonds. The van der Waals surface area contributed by atoms with Crippen molar-refractivity contribution in [3.63, 3.8) is 0 Å². The first kappa shape index (κ1) is 20.1.